The van der Waals surface area contributed by atoms with Crippen molar-refractivity contribution in [2.75, 3.05) is 0 Å². The Morgan fingerprint density at radius 1 is 1.67 bits per heavy atom. The van der Waals surface area contributed by atoms with Gasteiger partial charge in [-0.25, -0.2) is 4.89 Å². The molecule has 0 aliphatic heterocycles. The van der Waals surface area contributed by atoms with Crippen molar-refractivity contribution in [2.45, 2.75) is 25.9 Å². The van der Waals surface area contributed by atoms with Crippen molar-refractivity contribution in [3.63, 3.8) is 0 Å². The number of rotatable bonds is 3. The van der Waals surface area contributed by atoms with Gasteiger partial charge in [0.05, 0.1) is 6.42 Å². The van der Waals surface area contributed by atoms with Gasteiger partial charge in [0.25, 0.3) is 0 Å². The summed E-state index contributed by atoms with van der Waals surface area (Å²) in [6, 6.07) is 0. The second-order valence-electron chi connectivity index (χ2n) is 2.42. The number of carboxylic acid groups (broad SMARTS) is 1. The average molecular weight is 134 g/mol. The largest absolute Gasteiger partial charge is 0.481 e. The zero-order valence-corrected chi connectivity index (χ0v) is 5.42. The Morgan fingerprint density at radius 2 is 2.11 bits per heavy atom. The van der Waals surface area contributed by atoms with Crippen LogP contribution in [0.25, 0.3) is 0 Å². The Bertz CT molecular complexity index is 108. The lowest BCUT2D eigenvalue weighted by atomic mass is 10.1. The summed E-state index contributed by atoms with van der Waals surface area (Å²) >= 11 is 0. The van der Waals surface area contributed by atoms with E-state index in [-0.39, 0.29) is 6.42 Å². The quantitative estimate of drug-likeness (QED) is 0.441. The minimum atomic E-state index is -0.992. The minimum Gasteiger partial charge on any atom is -0.481 e. The van der Waals surface area contributed by atoms with E-state index in [2.05, 4.69) is 4.89 Å². The second kappa shape index (κ2) is 2.80. The van der Waals surface area contributed by atoms with Gasteiger partial charge >= 0.3 is 5.97 Å². The van der Waals surface area contributed by atoms with Crippen molar-refractivity contribution < 1.29 is 20.0 Å². The molecule has 0 radical (unpaired) electrons. The van der Waals surface area contributed by atoms with Crippen molar-refractivity contribution in [3.8, 4) is 0 Å². The molecular formula is C5H10O4. The second-order valence-corrected chi connectivity index (χ2v) is 2.42. The highest BCUT2D eigenvalue weighted by atomic mass is 17.1. The van der Waals surface area contributed by atoms with Crippen LogP contribution in [0.2, 0.25) is 0 Å². The maximum absolute atomic E-state index is 9.98. The highest BCUT2D eigenvalue weighted by Crippen LogP contribution is 2.11. The van der Waals surface area contributed by atoms with Crippen molar-refractivity contribution >= 4 is 5.97 Å². The number of aliphatic carboxylic acids is 1. The van der Waals surface area contributed by atoms with Gasteiger partial charge in [-0.15, -0.1) is 0 Å². The maximum atomic E-state index is 9.98. The predicted molar refractivity (Wildman–Crippen MR) is 30.0 cm³/mol. The van der Waals surface area contributed by atoms with Gasteiger partial charge in [-0.2, -0.15) is 0 Å². The van der Waals surface area contributed by atoms with Crippen LogP contribution in [0.3, 0.4) is 0 Å². The molecule has 4 heteroatoms. The molecule has 0 amide bonds. The number of carbonyl (C=O) groups is 1. The first-order valence-corrected chi connectivity index (χ1v) is 2.52. The fourth-order valence-electron chi connectivity index (χ4n) is 0.396. The molecule has 0 heterocycles. The Hall–Kier alpha value is -0.610. The van der Waals surface area contributed by atoms with E-state index >= 15 is 0 Å². The molecule has 0 rings (SSSR count). The Morgan fingerprint density at radius 3 is 2.22 bits per heavy atom. The molecule has 0 fully saturated rings. The summed E-state index contributed by atoms with van der Waals surface area (Å²) in [4.78, 5) is 13.9. The maximum Gasteiger partial charge on any atom is 0.306 e. The van der Waals surface area contributed by atoms with Gasteiger partial charge in [-0.3, -0.25) is 10.1 Å². The fourth-order valence-corrected chi connectivity index (χ4v) is 0.396. The van der Waals surface area contributed by atoms with Gasteiger partial charge in [0.15, 0.2) is 0 Å². The lowest BCUT2D eigenvalue weighted by molar-refractivity contribution is -0.313. The lowest BCUT2D eigenvalue weighted by Crippen LogP contribution is -2.26. The van der Waals surface area contributed by atoms with Gasteiger partial charge in [0.2, 0.25) is 0 Å². The van der Waals surface area contributed by atoms with E-state index in [0.717, 1.165) is 0 Å². The molecule has 0 saturated heterocycles. The van der Waals surface area contributed by atoms with Crippen LogP contribution in [0.5, 0.6) is 0 Å². The highest BCUT2D eigenvalue weighted by molar-refractivity contribution is 5.67. The topological polar surface area (TPSA) is 66.8 Å². The van der Waals surface area contributed by atoms with Crippen molar-refractivity contribution in [1.29, 1.82) is 0 Å². The van der Waals surface area contributed by atoms with Gasteiger partial charge < -0.3 is 5.11 Å². The Kier molecular flexibility index (Phi) is 2.61. The molecule has 0 atom stereocenters. The number of hydrogen-bond donors (Lipinski definition) is 2. The summed E-state index contributed by atoms with van der Waals surface area (Å²) in [5.41, 5.74) is -0.980. The third-order valence-electron chi connectivity index (χ3n) is 0.824. The molecule has 9 heavy (non-hydrogen) atoms. The van der Waals surface area contributed by atoms with Crippen LogP contribution in [-0.2, 0) is 9.68 Å². The molecule has 0 unspecified atom stereocenters. The lowest BCUT2D eigenvalue weighted by Gasteiger charge is -2.16. The van der Waals surface area contributed by atoms with Gasteiger partial charge in [0.1, 0.15) is 5.60 Å². The highest BCUT2D eigenvalue weighted by Gasteiger charge is 2.22. The van der Waals surface area contributed by atoms with Gasteiger partial charge in [-0.05, 0) is 13.8 Å². The van der Waals surface area contributed by atoms with Crippen LogP contribution in [0.4, 0.5) is 0 Å². The van der Waals surface area contributed by atoms with Crippen LogP contribution >= 0.6 is 0 Å². The molecule has 0 saturated carbocycles. The Labute approximate surface area is 53.0 Å². The molecule has 0 bridgehead atoms. The molecular weight excluding hydrogens is 124 g/mol. The first-order valence-electron chi connectivity index (χ1n) is 2.52. The Balaban J connectivity index is 3.71. The van der Waals surface area contributed by atoms with Crippen LogP contribution in [0.15, 0.2) is 0 Å². The normalized spacial score (nSPS) is 11.4. The summed E-state index contributed by atoms with van der Waals surface area (Å²) in [5, 5.41) is 16.3. The molecule has 54 valence electrons. The van der Waals surface area contributed by atoms with Crippen LogP contribution in [-0.4, -0.2) is 21.9 Å². The molecule has 2 N–H and O–H groups in total. The number of hydrogen-bond acceptors (Lipinski definition) is 3. The zero-order valence-electron chi connectivity index (χ0n) is 5.42. The third kappa shape index (κ3) is 3.93. The summed E-state index contributed by atoms with van der Waals surface area (Å²) < 4.78 is 0. The predicted octanol–water partition coefficient (Wildman–Crippen LogP) is 0.729. The zero-order chi connectivity index (χ0) is 7.49. The molecule has 0 aromatic rings. The van der Waals surface area contributed by atoms with Crippen LogP contribution < -0.4 is 0 Å². The van der Waals surface area contributed by atoms with Crippen LogP contribution in [0.1, 0.15) is 20.3 Å². The van der Waals surface area contributed by atoms with Crippen molar-refractivity contribution in [1.82, 2.24) is 0 Å². The van der Waals surface area contributed by atoms with E-state index in [4.69, 9.17) is 10.4 Å². The van der Waals surface area contributed by atoms with Crippen molar-refractivity contribution in [2.24, 2.45) is 0 Å². The summed E-state index contributed by atoms with van der Waals surface area (Å²) in [6.07, 6.45) is -0.205. The van der Waals surface area contributed by atoms with E-state index in [0.29, 0.717) is 0 Å². The average Bonchev–Trinajstić information content (AvgIpc) is 1.63. The van der Waals surface area contributed by atoms with E-state index in [1.54, 1.807) is 0 Å². The van der Waals surface area contributed by atoms with Crippen LogP contribution in [0, 0.1) is 0 Å². The van der Waals surface area contributed by atoms with Crippen molar-refractivity contribution in [3.05, 3.63) is 0 Å². The smallest absolute Gasteiger partial charge is 0.306 e. The van der Waals surface area contributed by atoms with Gasteiger partial charge in [0, 0.05) is 0 Å². The van der Waals surface area contributed by atoms with E-state index in [1.807, 2.05) is 0 Å². The minimum absolute atomic E-state index is 0.205. The third-order valence-corrected chi connectivity index (χ3v) is 0.824. The summed E-state index contributed by atoms with van der Waals surface area (Å²) in [5.74, 6) is -0.992. The first-order chi connectivity index (χ1) is 3.98. The SMILES string of the molecule is CC(C)(CC(=O)O)OO. The molecule has 4 nitrogen and oxygen atoms in total. The number of carboxylic acids is 1. The first kappa shape index (κ1) is 8.39. The monoisotopic (exact) mass is 134 g/mol. The van der Waals surface area contributed by atoms with E-state index in [9.17, 15) is 4.79 Å². The molecule has 0 aliphatic carbocycles. The summed E-state index contributed by atoms with van der Waals surface area (Å²) in [6.45, 7) is 2.97. The molecule has 0 aliphatic rings. The fraction of sp³-hybridized carbons (Fsp3) is 0.800. The van der Waals surface area contributed by atoms with E-state index < -0.39 is 11.6 Å². The molecule has 0 aromatic carbocycles. The summed E-state index contributed by atoms with van der Waals surface area (Å²) in [7, 11) is 0. The van der Waals surface area contributed by atoms with Gasteiger partial charge in [-0.1, -0.05) is 0 Å². The molecule has 0 spiro atoms. The van der Waals surface area contributed by atoms with E-state index in [1.165, 1.54) is 13.8 Å². The standard InChI is InChI=1S/C5H10O4/c1-5(2,9-8)3-4(6)7/h8H,3H2,1-2H3,(H,6,7). The molecule has 0 aromatic heterocycles.